The molecule has 0 saturated carbocycles. The van der Waals surface area contributed by atoms with Gasteiger partial charge in [-0.25, -0.2) is 0 Å². The van der Waals surface area contributed by atoms with Gasteiger partial charge < -0.3 is 5.11 Å². The van der Waals surface area contributed by atoms with Gasteiger partial charge in [0.25, 0.3) is 0 Å². The van der Waals surface area contributed by atoms with Gasteiger partial charge in [-0.05, 0) is 25.2 Å². The van der Waals surface area contributed by atoms with E-state index in [1.54, 1.807) is 0 Å². The molecule has 0 N–H and O–H groups in total. The van der Waals surface area contributed by atoms with Crippen LogP contribution in [0.1, 0.15) is 19.3 Å². The van der Waals surface area contributed by atoms with Crippen molar-refractivity contribution in [2.24, 2.45) is 5.92 Å². The second-order valence-corrected chi connectivity index (χ2v) is 2.29. The van der Waals surface area contributed by atoms with E-state index in [0.717, 1.165) is 6.42 Å². The van der Waals surface area contributed by atoms with Crippen molar-refractivity contribution in [1.29, 1.82) is 0 Å². The van der Waals surface area contributed by atoms with Crippen LogP contribution >= 0.6 is 0 Å². The Morgan fingerprint density at radius 3 is 2.67 bits per heavy atom. The van der Waals surface area contributed by atoms with Crippen LogP contribution in [-0.4, -0.2) is 6.61 Å². The topological polar surface area (TPSA) is 23.1 Å². The van der Waals surface area contributed by atoms with Crippen LogP contribution in [0.2, 0.25) is 0 Å². The summed E-state index contributed by atoms with van der Waals surface area (Å²) in [5.41, 5.74) is 0. The molecule has 0 aromatic heterocycles. The molecule has 2 heteroatoms. The molecule has 0 saturated heterocycles. The molecule has 1 unspecified atom stereocenters. The first-order valence-corrected chi connectivity index (χ1v) is 3.18. The van der Waals surface area contributed by atoms with Crippen LogP contribution in [0, 0.1) is 5.92 Å². The molecule has 1 atom stereocenters. The van der Waals surface area contributed by atoms with Gasteiger partial charge in [0.2, 0.25) is 0 Å². The first-order chi connectivity index (χ1) is 3.93. The van der Waals surface area contributed by atoms with Crippen LogP contribution < -0.4 is 24.0 Å². The van der Waals surface area contributed by atoms with Crippen molar-refractivity contribution >= 4 is 0 Å². The molecule has 9 heavy (non-hydrogen) atoms. The van der Waals surface area contributed by atoms with E-state index in [1.807, 2.05) is 0 Å². The van der Waals surface area contributed by atoms with Crippen molar-refractivity contribution in [2.75, 3.05) is 6.61 Å². The van der Waals surface area contributed by atoms with Gasteiger partial charge in [-0.15, -0.1) is 6.61 Å². The van der Waals surface area contributed by atoms with Crippen molar-refractivity contribution in [1.82, 2.24) is 0 Å². The molecular formula is C7H11LiO. The summed E-state index contributed by atoms with van der Waals surface area (Å²) in [7, 11) is 0. The van der Waals surface area contributed by atoms with Crippen molar-refractivity contribution < 1.29 is 24.0 Å². The van der Waals surface area contributed by atoms with E-state index in [4.69, 9.17) is 0 Å². The van der Waals surface area contributed by atoms with Gasteiger partial charge in [0.05, 0.1) is 0 Å². The Kier molecular flexibility index (Phi) is 5.28. The predicted octanol–water partition coefficient (Wildman–Crippen LogP) is -2.29. The zero-order chi connectivity index (χ0) is 5.82. The van der Waals surface area contributed by atoms with E-state index < -0.39 is 0 Å². The molecule has 0 aromatic rings. The van der Waals surface area contributed by atoms with Gasteiger partial charge in [0.1, 0.15) is 0 Å². The molecule has 1 nitrogen and oxygen atoms in total. The Balaban J connectivity index is 0.000000640. The van der Waals surface area contributed by atoms with Crippen LogP contribution in [0.25, 0.3) is 0 Å². The third-order valence-electron chi connectivity index (χ3n) is 1.57. The summed E-state index contributed by atoms with van der Waals surface area (Å²) < 4.78 is 0. The zero-order valence-electron chi connectivity index (χ0n) is 5.97. The number of hydrogen-bond acceptors (Lipinski definition) is 1. The summed E-state index contributed by atoms with van der Waals surface area (Å²) in [5, 5.41) is 10.2. The number of hydrogen-bond donors (Lipinski definition) is 0. The van der Waals surface area contributed by atoms with E-state index in [2.05, 4.69) is 12.2 Å². The molecule has 0 amide bonds. The second kappa shape index (κ2) is 5.11. The third kappa shape index (κ3) is 3.10. The fourth-order valence-electron chi connectivity index (χ4n) is 1.02. The summed E-state index contributed by atoms with van der Waals surface area (Å²) in [4.78, 5) is 0. The largest absolute Gasteiger partial charge is 1.00 e. The number of rotatable bonds is 1. The summed E-state index contributed by atoms with van der Waals surface area (Å²) in [6, 6.07) is 0. The van der Waals surface area contributed by atoms with Crippen molar-refractivity contribution in [3.05, 3.63) is 12.2 Å². The maximum Gasteiger partial charge on any atom is 1.00 e. The maximum absolute atomic E-state index is 10.2. The first-order valence-electron chi connectivity index (χ1n) is 3.18. The maximum atomic E-state index is 10.2. The Morgan fingerprint density at radius 1 is 1.56 bits per heavy atom. The molecule has 1 aliphatic rings. The van der Waals surface area contributed by atoms with Gasteiger partial charge >= 0.3 is 18.9 Å². The van der Waals surface area contributed by atoms with Gasteiger partial charge in [0, 0.05) is 0 Å². The van der Waals surface area contributed by atoms with Crippen molar-refractivity contribution in [2.45, 2.75) is 19.3 Å². The van der Waals surface area contributed by atoms with E-state index in [1.165, 1.54) is 12.8 Å². The average Bonchev–Trinajstić information content (AvgIpc) is 1.90. The van der Waals surface area contributed by atoms with Crippen molar-refractivity contribution in [3.8, 4) is 0 Å². The van der Waals surface area contributed by atoms with Gasteiger partial charge in [-0.1, -0.05) is 12.2 Å². The Labute approximate surface area is 68.3 Å². The van der Waals surface area contributed by atoms with Crippen molar-refractivity contribution in [3.63, 3.8) is 0 Å². The minimum Gasteiger partial charge on any atom is -0.854 e. The molecule has 46 valence electrons. The Morgan fingerprint density at radius 2 is 2.33 bits per heavy atom. The molecule has 0 heterocycles. The van der Waals surface area contributed by atoms with Crippen LogP contribution in [0.4, 0.5) is 0 Å². The molecular weight excluding hydrogens is 107 g/mol. The minimum atomic E-state index is 0. The van der Waals surface area contributed by atoms with E-state index >= 15 is 0 Å². The molecule has 0 fully saturated rings. The monoisotopic (exact) mass is 118 g/mol. The summed E-state index contributed by atoms with van der Waals surface area (Å²) in [5.74, 6) is 0.351. The fourth-order valence-corrected chi connectivity index (χ4v) is 1.02. The van der Waals surface area contributed by atoms with Crippen LogP contribution in [0.15, 0.2) is 12.2 Å². The van der Waals surface area contributed by atoms with Gasteiger partial charge in [-0.2, -0.15) is 0 Å². The van der Waals surface area contributed by atoms with E-state index in [0.29, 0.717) is 5.92 Å². The fraction of sp³-hybridized carbons (Fsp3) is 0.714. The molecule has 0 aromatic carbocycles. The summed E-state index contributed by atoms with van der Waals surface area (Å²) >= 11 is 0. The Bertz CT molecular complexity index is 90.9. The molecule has 0 aliphatic heterocycles. The standard InChI is InChI=1S/C7H11O.Li/c8-6-7-4-2-1-3-5-7;/h2,4,7H,1,3,5-6H2;/q-1;+1. The quantitative estimate of drug-likeness (QED) is 0.281. The molecule has 1 rings (SSSR count). The van der Waals surface area contributed by atoms with Gasteiger partial charge in [0.15, 0.2) is 0 Å². The number of allylic oxidation sites excluding steroid dienone is 1. The SMILES string of the molecule is [Li+].[O-]CC1C=CCCC1. The Hall–Kier alpha value is 0.297. The van der Waals surface area contributed by atoms with E-state index in [9.17, 15) is 5.11 Å². The molecule has 0 spiro atoms. The first kappa shape index (κ1) is 9.30. The summed E-state index contributed by atoms with van der Waals surface area (Å²) in [6.07, 6.45) is 7.67. The second-order valence-electron chi connectivity index (χ2n) is 2.29. The third-order valence-corrected chi connectivity index (χ3v) is 1.57. The van der Waals surface area contributed by atoms with Crippen LogP contribution in [-0.2, 0) is 0 Å². The molecule has 0 radical (unpaired) electrons. The zero-order valence-corrected chi connectivity index (χ0v) is 5.97. The van der Waals surface area contributed by atoms with E-state index in [-0.39, 0.29) is 25.5 Å². The average molecular weight is 118 g/mol. The summed E-state index contributed by atoms with van der Waals surface area (Å²) in [6.45, 7) is 0.0799. The van der Waals surface area contributed by atoms with Gasteiger partial charge in [-0.3, -0.25) is 0 Å². The van der Waals surface area contributed by atoms with Crippen LogP contribution in [0.5, 0.6) is 0 Å². The normalized spacial score (nSPS) is 25.2. The molecule has 0 bridgehead atoms. The minimum absolute atomic E-state index is 0. The molecule has 1 aliphatic carbocycles. The predicted molar refractivity (Wildman–Crippen MR) is 31.3 cm³/mol. The van der Waals surface area contributed by atoms with Crippen LogP contribution in [0.3, 0.4) is 0 Å². The smallest absolute Gasteiger partial charge is 0.854 e.